The van der Waals surface area contributed by atoms with Crippen molar-refractivity contribution in [2.45, 2.75) is 19.9 Å². The fourth-order valence-corrected chi connectivity index (χ4v) is 3.65. The number of urea groups is 1. The van der Waals surface area contributed by atoms with Gasteiger partial charge in [0.05, 0.1) is 12.3 Å². The highest BCUT2D eigenvalue weighted by molar-refractivity contribution is 7.13. The number of carbonyl (C=O) groups is 1. The van der Waals surface area contributed by atoms with E-state index in [9.17, 15) is 4.79 Å². The molecule has 0 aliphatic carbocycles. The SMILES string of the molecule is CCN(CC)C(CNC(=O)Nc1cccc(-c2nccs2)c1)c1ccco1. The van der Waals surface area contributed by atoms with Gasteiger partial charge in [0, 0.05) is 29.4 Å². The number of nitrogens with zero attached hydrogens (tertiary/aromatic N) is 2. The minimum Gasteiger partial charge on any atom is -0.468 e. The molecule has 1 unspecified atom stereocenters. The number of benzene rings is 1. The molecular weight excluding hydrogens is 360 g/mol. The van der Waals surface area contributed by atoms with E-state index in [4.69, 9.17) is 4.42 Å². The topological polar surface area (TPSA) is 70.4 Å². The van der Waals surface area contributed by atoms with Crippen LogP contribution in [0.1, 0.15) is 25.6 Å². The lowest BCUT2D eigenvalue weighted by Gasteiger charge is -2.28. The normalized spacial score (nSPS) is 12.1. The molecule has 0 saturated heterocycles. The predicted molar refractivity (Wildman–Crippen MR) is 109 cm³/mol. The lowest BCUT2D eigenvalue weighted by molar-refractivity contribution is 0.188. The summed E-state index contributed by atoms with van der Waals surface area (Å²) in [5.74, 6) is 0.852. The number of hydrogen-bond donors (Lipinski definition) is 2. The van der Waals surface area contributed by atoms with Crippen molar-refractivity contribution in [3.63, 3.8) is 0 Å². The van der Waals surface area contributed by atoms with E-state index < -0.39 is 0 Å². The van der Waals surface area contributed by atoms with Gasteiger partial charge >= 0.3 is 6.03 Å². The number of thiazole rings is 1. The molecule has 0 saturated carbocycles. The van der Waals surface area contributed by atoms with Crippen molar-refractivity contribution in [2.75, 3.05) is 25.0 Å². The Morgan fingerprint density at radius 2 is 2.11 bits per heavy atom. The Balaban J connectivity index is 1.62. The van der Waals surface area contributed by atoms with Crippen molar-refractivity contribution in [1.29, 1.82) is 0 Å². The van der Waals surface area contributed by atoms with Gasteiger partial charge in [0.1, 0.15) is 10.8 Å². The molecule has 6 nitrogen and oxygen atoms in total. The Hall–Kier alpha value is -2.64. The van der Waals surface area contributed by atoms with Crippen molar-refractivity contribution >= 4 is 23.1 Å². The molecular formula is C20H24N4O2S. The van der Waals surface area contributed by atoms with Gasteiger partial charge in [-0.05, 0) is 37.4 Å². The van der Waals surface area contributed by atoms with Gasteiger partial charge in [0.25, 0.3) is 0 Å². The predicted octanol–water partition coefficient (Wildman–Crippen LogP) is 4.61. The van der Waals surface area contributed by atoms with E-state index in [1.165, 1.54) is 0 Å². The molecule has 1 atom stereocenters. The maximum atomic E-state index is 12.4. The number of rotatable bonds is 8. The first-order valence-electron chi connectivity index (χ1n) is 9.03. The Morgan fingerprint density at radius 1 is 1.26 bits per heavy atom. The summed E-state index contributed by atoms with van der Waals surface area (Å²) >= 11 is 1.57. The zero-order chi connectivity index (χ0) is 19.1. The van der Waals surface area contributed by atoms with Crippen LogP contribution in [0.3, 0.4) is 0 Å². The third-order valence-corrected chi connectivity index (χ3v) is 5.20. The number of likely N-dealkylation sites (N-methyl/N-ethyl adjacent to an activating group) is 1. The van der Waals surface area contributed by atoms with Gasteiger partial charge in [-0.2, -0.15) is 0 Å². The maximum absolute atomic E-state index is 12.4. The summed E-state index contributed by atoms with van der Waals surface area (Å²) in [5.41, 5.74) is 1.72. The van der Waals surface area contributed by atoms with E-state index in [0.717, 1.165) is 35.1 Å². The van der Waals surface area contributed by atoms with Crippen LogP contribution in [-0.2, 0) is 0 Å². The van der Waals surface area contributed by atoms with Gasteiger partial charge < -0.3 is 15.1 Å². The van der Waals surface area contributed by atoms with Crippen molar-refractivity contribution in [2.24, 2.45) is 0 Å². The van der Waals surface area contributed by atoms with E-state index in [0.29, 0.717) is 6.54 Å². The average molecular weight is 385 g/mol. The highest BCUT2D eigenvalue weighted by atomic mass is 32.1. The Bertz CT molecular complexity index is 830. The fraction of sp³-hybridized carbons (Fsp3) is 0.300. The van der Waals surface area contributed by atoms with Crippen LogP contribution in [0.25, 0.3) is 10.6 Å². The molecule has 27 heavy (non-hydrogen) atoms. The summed E-state index contributed by atoms with van der Waals surface area (Å²) in [4.78, 5) is 19.0. The third-order valence-electron chi connectivity index (χ3n) is 4.38. The molecule has 0 fully saturated rings. The fourth-order valence-electron chi connectivity index (χ4n) is 3.02. The van der Waals surface area contributed by atoms with E-state index >= 15 is 0 Å². The zero-order valence-corrected chi connectivity index (χ0v) is 16.3. The molecule has 2 aromatic heterocycles. The first kappa shape index (κ1) is 19.1. The molecule has 0 aliphatic rings. The first-order chi connectivity index (χ1) is 13.2. The van der Waals surface area contributed by atoms with Crippen molar-refractivity contribution in [3.05, 3.63) is 60.0 Å². The van der Waals surface area contributed by atoms with Gasteiger partial charge in [-0.25, -0.2) is 9.78 Å². The molecule has 142 valence electrons. The second kappa shape index (κ2) is 9.34. The molecule has 0 bridgehead atoms. The summed E-state index contributed by atoms with van der Waals surface area (Å²) in [6, 6.07) is 11.3. The van der Waals surface area contributed by atoms with Gasteiger partial charge in [0.15, 0.2) is 0 Å². The molecule has 2 N–H and O–H groups in total. The summed E-state index contributed by atoms with van der Waals surface area (Å²) in [5, 5.41) is 8.72. The van der Waals surface area contributed by atoms with Gasteiger partial charge in [-0.1, -0.05) is 26.0 Å². The van der Waals surface area contributed by atoms with Crippen LogP contribution < -0.4 is 10.6 Å². The van der Waals surface area contributed by atoms with E-state index in [2.05, 4.69) is 34.4 Å². The second-order valence-corrected chi connectivity index (χ2v) is 6.90. The molecule has 2 amide bonds. The van der Waals surface area contributed by atoms with Crippen molar-refractivity contribution < 1.29 is 9.21 Å². The zero-order valence-electron chi connectivity index (χ0n) is 15.5. The van der Waals surface area contributed by atoms with Crippen LogP contribution in [0.15, 0.2) is 58.7 Å². The largest absolute Gasteiger partial charge is 0.468 e. The lowest BCUT2D eigenvalue weighted by atomic mass is 10.2. The van der Waals surface area contributed by atoms with Crippen molar-refractivity contribution in [3.8, 4) is 10.6 Å². The number of carbonyl (C=O) groups excluding carboxylic acids is 1. The van der Waals surface area contributed by atoms with E-state index in [-0.39, 0.29) is 12.1 Å². The van der Waals surface area contributed by atoms with E-state index in [1.807, 2.05) is 41.8 Å². The number of hydrogen-bond acceptors (Lipinski definition) is 5. The van der Waals surface area contributed by atoms with Crippen LogP contribution in [0.4, 0.5) is 10.5 Å². The first-order valence-corrected chi connectivity index (χ1v) is 9.91. The molecule has 3 aromatic rings. The number of anilines is 1. The van der Waals surface area contributed by atoms with Crippen LogP contribution in [0.2, 0.25) is 0 Å². The molecule has 0 radical (unpaired) electrons. The molecule has 2 heterocycles. The van der Waals surface area contributed by atoms with Crippen LogP contribution in [-0.4, -0.2) is 35.5 Å². The number of aromatic nitrogens is 1. The molecule has 0 aliphatic heterocycles. The summed E-state index contributed by atoms with van der Waals surface area (Å²) in [7, 11) is 0. The Morgan fingerprint density at radius 3 is 2.78 bits per heavy atom. The van der Waals surface area contributed by atoms with Crippen LogP contribution in [0.5, 0.6) is 0 Å². The van der Waals surface area contributed by atoms with E-state index in [1.54, 1.807) is 23.8 Å². The van der Waals surface area contributed by atoms with Crippen molar-refractivity contribution in [1.82, 2.24) is 15.2 Å². The smallest absolute Gasteiger partial charge is 0.319 e. The summed E-state index contributed by atoms with van der Waals surface area (Å²) in [6.45, 7) is 6.42. The van der Waals surface area contributed by atoms with Crippen LogP contribution in [0, 0.1) is 0 Å². The minimum atomic E-state index is -0.241. The molecule has 0 spiro atoms. The Kier molecular flexibility index (Phi) is 6.62. The highest BCUT2D eigenvalue weighted by Crippen LogP contribution is 2.24. The second-order valence-electron chi connectivity index (χ2n) is 6.01. The van der Waals surface area contributed by atoms with Gasteiger partial charge in [-0.15, -0.1) is 11.3 Å². The van der Waals surface area contributed by atoms with Gasteiger partial charge in [-0.3, -0.25) is 4.90 Å². The molecule has 3 rings (SSSR count). The number of amides is 2. The lowest BCUT2D eigenvalue weighted by Crippen LogP contribution is -2.39. The summed E-state index contributed by atoms with van der Waals surface area (Å²) < 4.78 is 5.57. The Labute approximate surface area is 163 Å². The minimum absolute atomic E-state index is 0.00223. The number of nitrogens with one attached hydrogen (secondary N) is 2. The maximum Gasteiger partial charge on any atom is 0.319 e. The third kappa shape index (κ3) is 4.96. The number of furan rings is 1. The quantitative estimate of drug-likeness (QED) is 0.595. The van der Waals surface area contributed by atoms with Gasteiger partial charge in [0.2, 0.25) is 0 Å². The highest BCUT2D eigenvalue weighted by Gasteiger charge is 2.21. The monoisotopic (exact) mass is 384 g/mol. The summed E-state index contributed by atoms with van der Waals surface area (Å²) in [6.07, 6.45) is 3.44. The molecule has 1 aromatic carbocycles. The average Bonchev–Trinajstić information content (AvgIpc) is 3.39. The standard InChI is InChI=1S/C20H24N4O2S/c1-3-24(4-2)17(18-9-6-11-26-18)14-22-20(25)23-16-8-5-7-15(13-16)19-21-10-12-27-19/h5-13,17H,3-4,14H2,1-2H3,(H2,22,23,25). The van der Waals surface area contributed by atoms with Crippen LogP contribution >= 0.6 is 11.3 Å². The molecule has 7 heteroatoms.